The zero-order chi connectivity index (χ0) is 21.7. The lowest BCUT2D eigenvalue weighted by molar-refractivity contribution is -0.134. The van der Waals surface area contributed by atoms with Gasteiger partial charge in [0, 0.05) is 24.2 Å². The van der Waals surface area contributed by atoms with Gasteiger partial charge in [-0.1, -0.05) is 35.0 Å². The third kappa shape index (κ3) is 14.5. The van der Waals surface area contributed by atoms with Crippen LogP contribution in [0.25, 0.3) is 0 Å². The van der Waals surface area contributed by atoms with E-state index in [-0.39, 0.29) is 12.1 Å². The van der Waals surface area contributed by atoms with Crippen molar-refractivity contribution in [2.45, 2.75) is 46.3 Å². The van der Waals surface area contributed by atoms with E-state index in [0.717, 1.165) is 11.3 Å². The largest absolute Gasteiger partial charge is 0.478 e. The lowest BCUT2D eigenvalue weighted by Crippen LogP contribution is -2.42. The first-order chi connectivity index (χ1) is 12.9. The summed E-state index contributed by atoms with van der Waals surface area (Å²) < 4.78 is 0. The first kappa shape index (κ1) is 25.3. The van der Waals surface area contributed by atoms with Crippen LogP contribution in [0.4, 0.5) is 0 Å². The zero-order valence-electron chi connectivity index (χ0n) is 17.0. The van der Waals surface area contributed by atoms with Crippen molar-refractivity contribution in [3.63, 3.8) is 0 Å². The molecule has 8 heteroatoms. The Labute approximate surface area is 165 Å². The van der Waals surface area contributed by atoms with Crippen LogP contribution >= 0.6 is 0 Å². The summed E-state index contributed by atoms with van der Waals surface area (Å²) in [4.78, 5) is 24.3. The summed E-state index contributed by atoms with van der Waals surface area (Å²) in [5.41, 5.74) is 3.02. The maximum Gasteiger partial charge on any atom is 0.328 e. The highest BCUT2D eigenvalue weighted by Gasteiger charge is 2.12. The Bertz CT molecular complexity index is 676. The molecule has 0 fully saturated rings. The topological polar surface area (TPSA) is 128 Å². The summed E-state index contributed by atoms with van der Waals surface area (Å²) in [6, 6.07) is 8.08. The van der Waals surface area contributed by atoms with Crippen LogP contribution in [0.1, 0.15) is 38.8 Å². The number of nitrogens with one attached hydrogen (secondary N) is 1. The smallest absolute Gasteiger partial charge is 0.328 e. The number of β-amino-alcohol motifs (C(OH)–C–C–N with tert-alkyl or cyclic N) is 1. The standard InChI is InChI=1S/C16H26N2O2.C4H4O4/c1-12-7-6-8-14(9-12)13(2)18-20-11-15(19)10-17-16(3,4)5;5-3(6)1-2-4(7)8/h6-9,15,17,19H,10-11H2,1-5H3;1-2H,(H,5,6)(H,7,8)/b18-13+;2-1-. The Balaban J connectivity index is 0.000000769. The van der Waals surface area contributed by atoms with Gasteiger partial charge in [0.2, 0.25) is 0 Å². The minimum Gasteiger partial charge on any atom is -0.478 e. The van der Waals surface area contributed by atoms with Gasteiger partial charge >= 0.3 is 11.9 Å². The van der Waals surface area contributed by atoms with E-state index in [1.807, 2.05) is 32.0 Å². The molecule has 156 valence electrons. The number of aliphatic hydroxyl groups excluding tert-OH is 1. The molecule has 0 saturated carbocycles. The second-order valence-electron chi connectivity index (χ2n) is 7.14. The van der Waals surface area contributed by atoms with E-state index in [0.29, 0.717) is 18.7 Å². The number of oxime groups is 1. The second-order valence-corrected chi connectivity index (χ2v) is 7.14. The third-order valence-electron chi connectivity index (χ3n) is 3.14. The van der Waals surface area contributed by atoms with Crippen LogP contribution in [0.2, 0.25) is 0 Å². The lowest BCUT2D eigenvalue weighted by atomic mass is 10.1. The minimum atomic E-state index is -1.26. The number of carboxylic acid groups (broad SMARTS) is 2. The quantitative estimate of drug-likeness (QED) is 0.302. The number of hydrogen-bond donors (Lipinski definition) is 4. The highest BCUT2D eigenvalue weighted by Crippen LogP contribution is 2.06. The predicted molar refractivity (Wildman–Crippen MR) is 108 cm³/mol. The average molecular weight is 394 g/mol. The molecule has 28 heavy (non-hydrogen) atoms. The van der Waals surface area contributed by atoms with Crippen molar-refractivity contribution in [2.24, 2.45) is 5.16 Å². The fourth-order valence-corrected chi connectivity index (χ4v) is 1.77. The van der Waals surface area contributed by atoms with E-state index in [1.165, 1.54) is 5.56 Å². The number of aliphatic hydroxyl groups is 1. The number of nitrogens with zero attached hydrogens (tertiary/aromatic N) is 1. The highest BCUT2D eigenvalue weighted by atomic mass is 16.6. The van der Waals surface area contributed by atoms with Crippen LogP contribution < -0.4 is 5.32 Å². The van der Waals surface area contributed by atoms with Crippen LogP contribution in [-0.2, 0) is 14.4 Å². The van der Waals surface area contributed by atoms with E-state index < -0.39 is 18.0 Å². The van der Waals surface area contributed by atoms with Crippen molar-refractivity contribution in [3.05, 3.63) is 47.5 Å². The van der Waals surface area contributed by atoms with Gasteiger partial charge in [0.05, 0.1) is 5.71 Å². The average Bonchev–Trinajstić information content (AvgIpc) is 2.58. The molecule has 0 heterocycles. The van der Waals surface area contributed by atoms with Crippen LogP contribution in [0, 0.1) is 6.92 Å². The molecule has 1 unspecified atom stereocenters. The summed E-state index contributed by atoms with van der Waals surface area (Å²) in [6.45, 7) is 10.8. The monoisotopic (exact) mass is 394 g/mol. The Morgan fingerprint density at radius 2 is 1.79 bits per heavy atom. The van der Waals surface area contributed by atoms with Crippen molar-refractivity contribution in [1.29, 1.82) is 0 Å². The molecule has 4 N–H and O–H groups in total. The number of aryl methyl sites for hydroxylation is 1. The van der Waals surface area contributed by atoms with Gasteiger partial charge in [-0.2, -0.15) is 0 Å². The first-order valence-corrected chi connectivity index (χ1v) is 8.71. The summed E-state index contributed by atoms with van der Waals surface area (Å²) in [6.07, 6.45) is 0.549. The van der Waals surface area contributed by atoms with Gasteiger partial charge < -0.3 is 25.5 Å². The van der Waals surface area contributed by atoms with Gasteiger partial charge in [0.1, 0.15) is 12.7 Å². The second kappa shape index (κ2) is 12.6. The van der Waals surface area contributed by atoms with E-state index in [4.69, 9.17) is 15.1 Å². The van der Waals surface area contributed by atoms with Gasteiger partial charge in [-0.25, -0.2) is 9.59 Å². The maximum absolute atomic E-state index is 9.78. The van der Waals surface area contributed by atoms with Crippen LogP contribution in [0.5, 0.6) is 0 Å². The SMILES string of the molecule is C/C(=N\OCC(O)CNC(C)(C)C)c1cccc(C)c1.O=C(O)/C=C\C(=O)O. The molecule has 0 saturated heterocycles. The molecule has 0 radical (unpaired) electrons. The molecule has 0 bridgehead atoms. The zero-order valence-corrected chi connectivity index (χ0v) is 17.0. The molecule has 0 aliphatic heterocycles. The molecular formula is C20H30N2O6. The number of aliphatic carboxylic acids is 2. The van der Waals surface area contributed by atoms with E-state index >= 15 is 0 Å². The number of benzene rings is 1. The van der Waals surface area contributed by atoms with Gasteiger partial charge in [-0.05, 0) is 40.2 Å². The fraction of sp³-hybridized carbons (Fsp3) is 0.450. The summed E-state index contributed by atoms with van der Waals surface area (Å²) >= 11 is 0. The molecule has 1 atom stereocenters. The molecule has 1 aromatic carbocycles. The molecule has 0 amide bonds. The fourth-order valence-electron chi connectivity index (χ4n) is 1.77. The Morgan fingerprint density at radius 3 is 2.25 bits per heavy atom. The Morgan fingerprint density at radius 1 is 1.21 bits per heavy atom. The first-order valence-electron chi connectivity index (χ1n) is 8.71. The van der Waals surface area contributed by atoms with Gasteiger partial charge in [0.15, 0.2) is 0 Å². The van der Waals surface area contributed by atoms with Gasteiger partial charge in [0.25, 0.3) is 0 Å². The molecular weight excluding hydrogens is 364 g/mol. The predicted octanol–water partition coefficient (Wildman–Crippen LogP) is 2.20. The molecule has 0 aliphatic carbocycles. The molecule has 1 rings (SSSR count). The van der Waals surface area contributed by atoms with Crippen LogP contribution in [0.15, 0.2) is 41.6 Å². The van der Waals surface area contributed by atoms with Crippen molar-refractivity contribution in [2.75, 3.05) is 13.2 Å². The summed E-state index contributed by atoms with van der Waals surface area (Å²) in [7, 11) is 0. The number of hydrogen-bond acceptors (Lipinski definition) is 6. The van der Waals surface area contributed by atoms with Crippen LogP contribution in [-0.4, -0.2) is 57.8 Å². The van der Waals surface area contributed by atoms with Crippen molar-refractivity contribution >= 4 is 17.7 Å². The summed E-state index contributed by atoms with van der Waals surface area (Å²) in [5, 5.41) is 32.7. The van der Waals surface area contributed by atoms with Crippen molar-refractivity contribution in [1.82, 2.24) is 5.32 Å². The molecule has 0 spiro atoms. The molecule has 1 aromatic rings. The number of rotatable bonds is 8. The number of carboxylic acids is 2. The number of carbonyl (C=O) groups is 2. The Hall–Kier alpha value is -2.71. The van der Waals surface area contributed by atoms with Gasteiger partial charge in [-0.15, -0.1) is 0 Å². The lowest BCUT2D eigenvalue weighted by Gasteiger charge is -2.22. The molecule has 0 aromatic heterocycles. The Kier molecular flexibility index (Phi) is 11.4. The normalized spacial score (nSPS) is 12.9. The van der Waals surface area contributed by atoms with E-state index in [9.17, 15) is 14.7 Å². The van der Waals surface area contributed by atoms with Crippen molar-refractivity contribution < 1.29 is 29.7 Å². The maximum atomic E-state index is 9.78. The van der Waals surface area contributed by atoms with Gasteiger partial charge in [-0.3, -0.25) is 0 Å². The van der Waals surface area contributed by atoms with E-state index in [2.05, 4.69) is 37.3 Å². The van der Waals surface area contributed by atoms with Crippen molar-refractivity contribution in [3.8, 4) is 0 Å². The molecule has 0 aliphatic rings. The summed E-state index contributed by atoms with van der Waals surface area (Å²) in [5.74, 6) is -2.51. The highest BCUT2D eigenvalue weighted by molar-refractivity contribution is 5.98. The van der Waals surface area contributed by atoms with E-state index in [1.54, 1.807) is 0 Å². The third-order valence-corrected chi connectivity index (χ3v) is 3.14. The minimum absolute atomic E-state index is 0.0122. The van der Waals surface area contributed by atoms with Crippen LogP contribution in [0.3, 0.4) is 0 Å². The molecule has 8 nitrogen and oxygen atoms in total.